The topological polar surface area (TPSA) is 70.1 Å². The molecule has 0 aliphatic heterocycles. The maximum absolute atomic E-state index is 9.03. The summed E-state index contributed by atoms with van der Waals surface area (Å²) in [4.78, 5) is 8.20. The minimum atomic E-state index is -0.304. The lowest BCUT2D eigenvalue weighted by Gasteiger charge is -2.08. The van der Waals surface area contributed by atoms with E-state index in [4.69, 9.17) is 5.11 Å². The third-order valence-electron chi connectivity index (χ3n) is 1.90. The van der Waals surface area contributed by atoms with Crippen LogP contribution in [0.4, 0.5) is 5.82 Å². The molecule has 0 radical (unpaired) electrons. The second kappa shape index (κ2) is 7.43. The standard InChI is InChI=1S/C10H18N4OS/c1-8(15)6-11-3-4-12-9-5-10(16-2)14-7-13-9/h5,7-8,11,15H,3-4,6H2,1-2H3,(H,12,13,14). The molecule has 0 spiro atoms. The van der Waals surface area contributed by atoms with Crippen LogP contribution in [0.3, 0.4) is 0 Å². The zero-order chi connectivity index (χ0) is 11.8. The van der Waals surface area contributed by atoms with E-state index in [1.165, 1.54) is 0 Å². The molecule has 0 aromatic carbocycles. The molecule has 0 amide bonds. The lowest BCUT2D eigenvalue weighted by molar-refractivity contribution is 0.192. The van der Waals surface area contributed by atoms with Crippen molar-refractivity contribution >= 4 is 17.6 Å². The van der Waals surface area contributed by atoms with Crippen molar-refractivity contribution in [2.24, 2.45) is 0 Å². The molecular formula is C10H18N4OS. The van der Waals surface area contributed by atoms with E-state index in [-0.39, 0.29) is 6.10 Å². The van der Waals surface area contributed by atoms with Crippen LogP contribution in [0.25, 0.3) is 0 Å². The minimum absolute atomic E-state index is 0.304. The van der Waals surface area contributed by atoms with Crippen molar-refractivity contribution in [1.29, 1.82) is 0 Å². The third-order valence-corrected chi connectivity index (χ3v) is 2.54. The van der Waals surface area contributed by atoms with Crippen molar-refractivity contribution in [3.05, 3.63) is 12.4 Å². The maximum Gasteiger partial charge on any atom is 0.130 e. The summed E-state index contributed by atoms with van der Waals surface area (Å²) in [5, 5.41) is 16.3. The number of hydrogen-bond donors (Lipinski definition) is 3. The van der Waals surface area contributed by atoms with Crippen molar-refractivity contribution in [3.8, 4) is 0 Å². The Morgan fingerprint density at radius 2 is 2.25 bits per heavy atom. The summed E-state index contributed by atoms with van der Waals surface area (Å²) in [5.41, 5.74) is 0. The molecule has 0 aliphatic rings. The molecule has 0 bridgehead atoms. The van der Waals surface area contributed by atoms with Gasteiger partial charge in [-0.05, 0) is 13.2 Å². The molecule has 6 heteroatoms. The summed E-state index contributed by atoms with van der Waals surface area (Å²) in [6.07, 6.45) is 3.23. The summed E-state index contributed by atoms with van der Waals surface area (Å²) in [6.45, 7) is 3.94. The number of hydrogen-bond acceptors (Lipinski definition) is 6. The number of aromatic nitrogens is 2. The second-order valence-corrected chi connectivity index (χ2v) is 4.25. The van der Waals surface area contributed by atoms with Crippen molar-refractivity contribution in [1.82, 2.24) is 15.3 Å². The molecule has 1 aromatic rings. The minimum Gasteiger partial charge on any atom is -0.392 e. The Labute approximate surface area is 100 Å². The largest absolute Gasteiger partial charge is 0.392 e. The fourth-order valence-corrected chi connectivity index (χ4v) is 1.52. The maximum atomic E-state index is 9.03. The monoisotopic (exact) mass is 242 g/mol. The SMILES string of the molecule is CSc1cc(NCCNCC(C)O)ncn1. The molecule has 0 aliphatic carbocycles. The van der Waals surface area contributed by atoms with Gasteiger partial charge < -0.3 is 15.7 Å². The smallest absolute Gasteiger partial charge is 0.130 e. The Morgan fingerprint density at radius 1 is 1.44 bits per heavy atom. The van der Waals surface area contributed by atoms with Crippen LogP contribution in [0.15, 0.2) is 17.4 Å². The van der Waals surface area contributed by atoms with Gasteiger partial charge in [0, 0.05) is 25.7 Å². The lowest BCUT2D eigenvalue weighted by atomic mass is 10.4. The molecule has 0 saturated carbocycles. The number of rotatable bonds is 7. The van der Waals surface area contributed by atoms with Crippen molar-refractivity contribution in [2.75, 3.05) is 31.2 Å². The average Bonchev–Trinajstić information content (AvgIpc) is 2.28. The zero-order valence-corrected chi connectivity index (χ0v) is 10.4. The normalized spacial score (nSPS) is 12.4. The molecule has 5 nitrogen and oxygen atoms in total. The third kappa shape index (κ3) is 5.29. The Bertz CT molecular complexity index is 309. The van der Waals surface area contributed by atoms with Crippen LogP contribution in [0.1, 0.15) is 6.92 Å². The highest BCUT2D eigenvalue weighted by molar-refractivity contribution is 7.98. The van der Waals surface area contributed by atoms with Crippen LogP contribution in [-0.2, 0) is 0 Å². The Hall–Kier alpha value is -0.850. The van der Waals surface area contributed by atoms with Gasteiger partial charge in [0.15, 0.2) is 0 Å². The van der Waals surface area contributed by atoms with E-state index in [0.717, 1.165) is 23.9 Å². The molecule has 90 valence electrons. The Morgan fingerprint density at radius 3 is 2.94 bits per heavy atom. The summed E-state index contributed by atoms with van der Waals surface area (Å²) < 4.78 is 0. The first-order valence-electron chi connectivity index (χ1n) is 5.21. The van der Waals surface area contributed by atoms with Gasteiger partial charge in [-0.1, -0.05) is 0 Å². The van der Waals surface area contributed by atoms with E-state index in [1.807, 2.05) is 12.3 Å². The first kappa shape index (κ1) is 13.2. The summed E-state index contributed by atoms with van der Waals surface area (Å²) in [7, 11) is 0. The van der Waals surface area contributed by atoms with Crippen molar-refractivity contribution < 1.29 is 5.11 Å². The number of anilines is 1. The Balaban J connectivity index is 2.21. The van der Waals surface area contributed by atoms with Crippen LogP contribution in [0.5, 0.6) is 0 Å². The van der Waals surface area contributed by atoms with Gasteiger partial charge in [-0.3, -0.25) is 0 Å². The molecule has 1 heterocycles. The van der Waals surface area contributed by atoms with Crippen LogP contribution >= 0.6 is 11.8 Å². The van der Waals surface area contributed by atoms with Gasteiger partial charge in [0.1, 0.15) is 17.2 Å². The predicted molar refractivity (Wildman–Crippen MR) is 66.9 cm³/mol. The molecule has 0 saturated heterocycles. The van der Waals surface area contributed by atoms with Gasteiger partial charge in [0.25, 0.3) is 0 Å². The molecule has 1 aromatic heterocycles. The number of nitrogens with zero attached hydrogens (tertiary/aromatic N) is 2. The molecule has 1 rings (SSSR count). The highest BCUT2D eigenvalue weighted by Gasteiger charge is 1.97. The number of aliphatic hydroxyl groups excluding tert-OH is 1. The van der Waals surface area contributed by atoms with Crippen molar-refractivity contribution in [2.45, 2.75) is 18.1 Å². The van der Waals surface area contributed by atoms with Gasteiger partial charge in [-0.2, -0.15) is 0 Å². The van der Waals surface area contributed by atoms with E-state index >= 15 is 0 Å². The highest BCUT2D eigenvalue weighted by Crippen LogP contribution is 2.12. The molecule has 1 atom stereocenters. The number of aliphatic hydroxyl groups is 1. The zero-order valence-electron chi connectivity index (χ0n) is 9.60. The first-order valence-corrected chi connectivity index (χ1v) is 6.43. The number of nitrogens with one attached hydrogen (secondary N) is 2. The molecule has 0 fully saturated rings. The lowest BCUT2D eigenvalue weighted by Crippen LogP contribution is -2.29. The fourth-order valence-electron chi connectivity index (χ4n) is 1.14. The molecule has 1 unspecified atom stereocenters. The summed E-state index contributed by atoms with van der Waals surface area (Å²) >= 11 is 1.59. The van der Waals surface area contributed by atoms with Gasteiger partial charge in [0.2, 0.25) is 0 Å². The molecule has 16 heavy (non-hydrogen) atoms. The van der Waals surface area contributed by atoms with Crippen LogP contribution in [-0.4, -0.2) is 47.1 Å². The van der Waals surface area contributed by atoms with E-state index in [0.29, 0.717) is 6.54 Å². The van der Waals surface area contributed by atoms with Gasteiger partial charge in [0.05, 0.1) is 6.10 Å². The van der Waals surface area contributed by atoms with E-state index in [2.05, 4.69) is 20.6 Å². The van der Waals surface area contributed by atoms with Crippen LogP contribution in [0.2, 0.25) is 0 Å². The van der Waals surface area contributed by atoms with E-state index in [1.54, 1.807) is 25.0 Å². The second-order valence-electron chi connectivity index (χ2n) is 3.43. The first-order chi connectivity index (χ1) is 7.72. The van der Waals surface area contributed by atoms with Crippen molar-refractivity contribution in [3.63, 3.8) is 0 Å². The average molecular weight is 242 g/mol. The fraction of sp³-hybridized carbons (Fsp3) is 0.600. The summed E-state index contributed by atoms with van der Waals surface area (Å²) in [5.74, 6) is 0.832. The molecular weight excluding hydrogens is 224 g/mol. The van der Waals surface area contributed by atoms with Crippen LogP contribution in [0, 0.1) is 0 Å². The van der Waals surface area contributed by atoms with E-state index in [9.17, 15) is 0 Å². The van der Waals surface area contributed by atoms with Gasteiger partial charge in [-0.15, -0.1) is 11.8 Å². The van der Waals surface area contributed by atoms with E-state index < -0.39 is 0 Å². The molecule has 3 N–H and O–H groups in total. The van der Waals surface area contributed by atoms with Gasteiger partial charge >= 0.3 is 0 Å². The quantitative estimate of drug-likeness (QED) is 0.369. The van der Waals surface area contributed by atoms with Crippen LogP contribution < -0.4 is 10.6 Å². The van der Waals surface area contributed by atoms with Gasteiger partial charge in [-0.25, -0.2) is 9.97 Å². The highest BCUT2D eigenvalue weighted by atomic mass is 32.2. The number of thioether (sulfide) groups is 1. The predicted octanol–water partition coefficient (Wildman–Crippen LogP) is 0.581. The Kier molecular flexibility index (Phi) is 6.14. The summed E-state index contributed by atoms with van der Waals surface area (Å²) in [6, 6.07) is 1.92.